The number of carbonyl (C=O) groups is 1. The van der Waals surface area contributed by atoms with Crippen LogP contribution in [0.2, 0.25) is 5.02 Å². The first-order valence-electron chi connectivity index (χ1n) is 5.30. The number of carbonyl (C=O) groups excluding carboxylic acids is 1. The molecule has 0 fully saturated rings. The summed E-state index contributed by atoms with van der Waals surface area (Å²) in [4.78, 5) is 15.2. The summed E-state index contributed by atoms with van der Waals surface area (Å²) in [6, 6.07) is 5.46. The van der Waals surface area contributed by atoms with Crippen LogP contribution in [-0.2, 0) is 0 Å². The van der Waals surface area contributed by atoms with Crippen LogP contribution in [-0.4, -0.2) is 17.4 Å². The van der Waals surface area contributed by atoms with Gasteiger partial charge in [0.2, 0.25) is 0 Å². The van der Waals surface area contributed by atoms with Crippen molar-refractivity contribution in [3.8, 4) is 0 Å². The number of amides is 1. The molecule has 1 heterocycles. The molecule has 0 unspecified atom stereocenters. The summed E-state index contributed by atoms with van der Waals surface area (Å²) in [6.07, 6.45) is 1.65. The molecule has 0 aliphatic rings. The summed E-state index contributed by atoms with van der Waals surface area (Å²) >= 11 is 5.95. The van der Waals surface area contributed by atoms with E-state index in [1.54, 1.807) is 18.2 Å². The minimum Gasteiger partial charge on any atom is -0.358 e. The molecule has 17 heavy (non-hydrogen) atoms. The van der Waals surface area contributed by atoms with Gasteiger partial charge in [-0.1, -0.05) is 17.7 Å². The van der Waals surface area contributed by atoms with Crippen molar-refractivity contribution in [3.05, 3.63) is 47.1 Å². The van der Waals surface area contributed by atoms with Crippen molar-refractivity contribution in [2.24, 2.45) is 0 Å². The molecule has 3 nitrogen and oxygen atoms in total. The number of nitrogens with one attached hydrogen (secondary N) is 2. The van der Waals surface area contributed by atoms with Crippen molar-refractivity contribution < 1.29 is 4.79 Å². The highest BCUT2D eigenvalue weighted by Gasteiger charge is 2.15. The molecule has 0 spiro atoms. The Bertz CT molecular complexity index is 586. The van der Waals surface area contributed by atoms with Crippen LogP contribution < -0.4 is 5.32 Å². The lowest BCUT2D eigenvalue weighted by Crippen LogP contribution is -2.23. The summed E-state index contributed by atoms with van der Waals surface area (Å²) in [5, 5.41) is 4.23. The quantitative estimate of drug-likeness (QED) is 0.806. The number of fused-ring (bicyclic) bond motifs is 1. The van der Waals surface area contributed by atoms with Gasteiger partial charge in [0.25, 0.3) is 5.91 Å². The van der Waals surface area contributed by atoms with Gasteiger partial charge >= 0.3 is 0 Å². The fourth-order valence-corrected chi connectivity index (χ4v) is 2.02. The van der Waals surface area contributed by atoms with E-state index in [0.717, 1.165) is 16.6 Å². The van der Waals surface area contributed by atoms with E-state index in [1.165, 1.54) is 0 Å². The van der Waals surface area contributed by atoms with Crippen LogP contribution in [0.3, 0.4) is 0 Å². The van der Waals surface area contributed by atoms with Crippen LogP contribution >= 0.6 is 11.6 Å². The normalized spacial score (nSPS) is 10.5. The zero-order valence-electron chi connectivity index (χ0n) is 9.51. The lowest BCUT2D eigenvalue weighted by molar-refractivity contribution is 0.0959. The molecule has 2 rings (SSSR count). The molecule has 0 saturated carbocycles. The smallest absolute Gasteiger partial charge is 0.253 e. The topological polar surface area (TPSA) is 44.9 Å². The van der Waals surface area contributed by atoms with Crippen LogP contribution in [0.15, 0.2) is 30.9 Å². The van der Waals surface area contributed by atoms with Crippen molar-refractivity contribution in [1.82, 2.24) is 10.3 Å². The molecule has 0 radical (unpaired) electrons. The van der Waals surface area contributed by atoms with E-state index in [1.807, 2.05) is 13.0 Å². The van der Waals surface area contributed by atoms with Crippen molar-refractivity contribution in [1.29, 1.82) is 0 Å². The third kappa shape index (κ3) is 2.19. The first-order valence-corrected chi connectivity index (χ1v) is 5.68. The Balaban J connectivity index is 2.51. The van der Waals surface area contributed by atoms with Gasteiger partial charge in [0.15, 0.2) is 0 Å². The van der Waals surface area contributed by atoms with Crippen molar-refractivity contribution in [2.75, 3.05) is 6.54 Å². The zero-order valence-corrected chi connectivity index (χ0v) is 10.3. The highest BCUT2D eigenvalue weighted by molar-refractivity contribution is 6.31. The van der Waals surface area contributed by atoms with Gasteiger partial charge in [-0.25, -0.2) is 0 Å². The van der Waals surface area contributed by atoms with Gasteiger partial charge in [0.05, 0.1) is 5.56 Å². The SMILES string of the molecule is C=CCNC(=O)c1c(C)[nH]c2ccc(Cl)cc12. The van der Waals surface area contributed by atoms with Crippen molar-refractivity contribution in [2.45, 2.75) is 6.92 Å². The molecule has 2 N–H and O–H groups in total. The van der Waals surface area contributed by atoms with E-state index in [2.05, 4.69) is 16.9 Å². The summed E-state index contributed by atoms with van der Waals surface area (Å²) in [7, 11) is 0. The lowest BCUT2D eigenvalue weighted by atomic mass is 10.1. The average Bonchev–Trinajstić information content (AvgIpc) is 2.61. The van der Waals surface area contributed by atoms with E-state index in [-0.39, 0.29) is 5.91 Å². The monoisotopic (exact) mass is 248 g/mol. The van der Waals surface area contributed by atoms with E-state index in [9.17, 15) is 4.79 Å². The van der Waals surface area contributed by atoms with Gasteiger partial charge in [-0.15, -0.1) is 6.58 Å². The molecular weight excluding hydrogens is 236 g/mol. The fraction of sp³-hybridized carbons (Fsp3) is 0.154. The molecule has 4 heteroatoms. The van der Waals surface area contributed by atoms with Crippen molar-refractivity contribution in [3.63, 3.8) is 0 Å². The first-order chi connectivity index (χ1) is 8.13. The van der Waals surface area contributed by atoms with Crippen molar-refractivity contribution >= 4 is 28.4 Å². The minimum absolute atomic E-state index is 0.115. The predicted molar refractivity (Wildman–Crippen MR) is 70.6 cm³/mol. The highest BCUT2D eigenvalue weighted by atomic mass is 35.5. The molecule has 0 atom stereocenters. The van der Waals surface area contributed by atoms with E-state index >= 15 is 0 Å². The number of halogens is 1. The highest BCUT2D eigenvalue weighted by Crippen LogP contribution is 2.25. The standard InChI is InChI=1S/C13H13ClN2O/c1-3-6-15-13(17)12-8(2)16-11-5-4-9(14)7-10(11)12/h3-5,7,16H,1,6H2,2H3,(H,15,17). The Kier molecular flexibility index (Phi) is 3.20. The molecule has 1 amide bonds. The largest absolute Gasteiger partial charge is 0.358 e. The second kappa shape index (κ2) is 4.63. The van der Waals surface area contributed by atoms with Crippen LogP contribution in [0, 0.1) is 6.92 Å². The molecule has 88 valence electrons. The van der Waals surface area contributed by atoms with Gasteiger partial charge in [0.1, 0.15) is 0 Å². The fourth-order valence-electron chi connectivity index (χ4n) is 1.84. The average molecular weight is 249 g/mol. The van der Waals surface area contributed by atoms with Gasteiger partial charge in [-0.05, 0) is 25.1 Å². The van der Waals surface area contributed by atoms with E-state index in [4.69, 9.17) is 11.6 Å². The summed E-state index contributed by atoms with van der Waals surface area (Å²) in [5.41, 5.74) is 2.39. The Morgan fingerprint density at radius 3 is 3.06 bits per heavy atom. The number of aromatic amines is 1. The van der Waals surface area contributed by atoms with Gasteiger partial charge in [0, 0.05) is 28.2 Å². The molecule has 1 aromatic carbocycles. The Hall–Kier alpha value is -1.74. The number of aryl methyl sites for hydroxylation is 1. The van der Waals surface area contributed by atoms with E-state index in [0.29, 0.717) is 17.1 Å². The number of rotatable bonds is 3. The maximum absolute atomic E-state index is 12.0. The number of aromatic nitrogens is 1. The lowest BCUT2D eigenvalue weighted by Gasteiger charge is -2.02. The predicted octanol–water partition coefficient (Wildman–Crippen LogP) is 3.05. The van der Waals surface area contributed by atoms with Crippen LogP contribution in [0.1, 0.15) is 16.1 Å². The van der Waals surface area contributed by atoms with Gasteiger partial charge in [-0.2, -0.15) is 0 Å². The molecule has 1 aromatic heterocycles. The summed E-state index contributed by atoms with van der Waals surface area (Å²) in [5.74, 6) is -0.115. The first kappa shape index (κ1) is 11.7. The number of H-pyrrole nitrogens is 1. The maximum Gasteiger partial charge on any atom is 0.253 e. The molecular formula is C13H13ClN2O. The number of benzene rings is 1. The second-order valence-corrected chi connectivity index (χ2v) is 4.25. The molecule has 2 aromatic rings. The molecule has 0 aliphatic heterocycles. The molecule has 0 saturated heterocycles. The van der Waals surface area contributed by atoms with Crippen LogP contribution in [0.5, 0.6) is 0 Å². The van der Waals surface area contributed by atoms with E-state index < -0.39 is 0 Å². The van der Waals surface area contributed by atoms with Gasteiger partial charge < -0.3 is 10.3 Å². The third-order valence-electron chi connectivity index (χ3n) is 2.58. The molecule has 0 bridgehead atoms. The zero-order chi connectivity index (χ0) is 12.4. The third-order valence-corrected chi connectivity index (χ3v) is 2.82. The second-order valence-electron chi connectivity index (χ2n) is 3.81. The summed E-state index contributed by atoms with van der Waals surface area (Å²) < 4.78 is 0. The van der Waals surface area contributed by atoms with Crippen LogP contribution in [0.4, 0.5) is 0 Å². The van der Waals surface area contributed by atoms with Gasteiger partial charge in [-0.3, -0.25) is 4.79 Å². The maximum atomic E-state index is 12.0. The Morgan fingerprint density at radius 1 is 1.59 bits per heavy atom. The van der Waals surface area contributed by atoms with Crippen LogP contribution in [0.25, 0.3) is 10.9 Å². The molecule has 0 aliphatic carbocycles. The summed E-state index contributed by atoms with van der Waals surface area (Å²) in [6.45, 7) is 5.89. The Morgan fingerprint density at radius 2 is 2.35 bits per heavy atom. The Labute approximate surface area is 104 Å². The number of hydrogen-bond donors (Lipinski definition) is 2. The number of hydrogen-bond acceptors (Lipinski definition) is 1. The minimum atomic E-state index is -0.115.